The molecule has 5 atom stereocenters. The van der Waals surface area contributed by atoms with Crippen molar-refractivity contribution in [1.82, 2.24) is 9.55 Å². The molecule has 0 spiro atoms. The second-order valence-corrected chi connectivity index (χ2v) is 10.6. The van der Waals surface area contributed by atoms with Crippen LogP contribution in [-0.2, 0) is 31.6 Å². The van der Waals surface area contributed by atoms with Crippen molar-refractivity contribution < 1.29 is 56.3 Å². The maximum absolute atomic E-state index is 12.1. The number of aliphatic hydroxyl groups is 1. The molecule has 1 aromatic heterocycles. The van der Waals surface area contributed by atoms with Gasteiger partial charge in [-0.1, -0.05) is 18.8 Å². The van der Waals surface area contributed by atoms with Crippen LogP contribution in [0.5, 0.6) is 0 Å². The van der Waals surface area contributed by atoms with Gasteiger partial charge in [0.2, 0.25) is 0 Å². The molecule has 1 fully saturated rings. The zero-order chi connectivity index (χ0) is 24.3. The van der Waals surface area contributed by atoms with Gasteiger partial charge in [0.15, 0.2) is 0 Å². The van der Waals surface area contributed by atoms with Gasteiger partial charge in [0.05, 0.1) is 12.7 Å². The van der Waals surface area contributed by atoms with Crippen molar-refractivity contribution in [3.8, 4) is 11.8 Å². The summed E-state index contributed by atoms with van der Waals surface area (Å²) in [5, 5.41) is 10.1. The molecule has 0 saturated carbocycles. The predicted octanol–water partition coefficient (Wildman–Crippen LogP) is -0.710. The minimum absolute atomic E-state index is 0.0405. The van der Waals surface area contributed by atoms with E-state index in [4.69, 9.17) is 19.4 Å². The number of hydrogen-bond acceptors (Lipinski definition) is 10. The van der Waals surface area contributed by atoms with Crippen LogP contribution in [0.1, 0.15) is 31.6 Å². The Balaban J connectivity index is 2.09. The molecule has 2 rings (SSSR count). The van der Waals surface area contributed by atoms with E-state index in [0.29, 0.717) is 6.42 Å². The Bertz CT molecular complexity index is 1160. The predicted molar refractivity (Wildman–Crippen MR) is 103 cm³/mol. The molecule has 1 saturated heterocycles. The van der Waals surface area contributed by atoms with Gasteiger partial charge in [0.1, 0.15) is 17.9 Å². The number of aliphatic hydroxyl groups excluding tert-OH is 1. The quantitative estimate of drug-likeness (QED) is 0.183. The Morgan fingerprint density at radius 2 is 1.84 bits per heavy atom. The van der Waals surface area contributed by atoms with Crippen molar-refractivity contribution in [3.63, 3.8) is 0 Å². The third-order valence-electron chi connectivity index (χ3n) is 3.70. The van der Waals surface area contributed by atoms with Crippen LogP contribution in [0.3, 0.4) is 0 Å². The lowest BCUT2D eigenvalue weighted by Crippen LogP contribution is -2.33. The topological polar surface area (TPSA) is 244 Å². The van der Waals surface area contributed by atoms with Crippen molar-refractivity contribution in [2.45, 2.75) is 38.2 Å². The Kier molecular flexibility index (Phi) is 8.58. The lowest BCUT2D eigenvalue weighted by molar-refractivity contribution is -0.0450. The zero-order valence-corrected chi connectivity index (χ0v) is 18.8. The number of phosphoric acid groups is 3. The largest absolute Gasteiger partial charge is 0.490 e. The lowest BCUT2D eigenvalue weighted by Gasteiger charge is -2.19. The molecule has 1 aromatic rings. The third-order valence-corrected chi connectivity index (χ3v) is 7.50. The van der Waals surface area contributed by atoms with Crippen molar-refractivity contribution >= 4 is 23.5 Å². The molecule has 0 bridgehead atoms. The van der Waals surface area contributed by atoms with E-state index in [2.05, 4.69) is 25.0 Å². The third kappa shape index (κ3) is 7.86. The Hall–Kier alpha value is -1.43. The molecule has 19 heteroatoms. The van der Waals surface area contributed by atoms with E-state index >= 15 is 0 Å². The van der Waals surface area contributed by atoms with Crippen LogP contribution >= 0.6 is 23.5 Å². The molecule has 180 valence electrons. The van der Waals surface area contributed by atoms with Crippen molar-refractivity contribution in [1.29, 1.82) is 0 Å². The molecule has 1 aliphatic heterocycles. The SMILES string of the molecule is CCC#Cc1cn([C@H]2C[C@@H](O)[C@@H](COP(=O)(O)OP(=O)(O)OP(=O)(O)O)O2)c(=O)[nH]c1=O. The second kappa shape index (κ2) is 10.2. The van der Waals surface area contributed by atoms with Crippen LogP contribution in [0.15, 0.2) is 15.8 Å². The number of aromatic nitrogens is 2. The highest BCUT2D eigenvalue weighted by molar-refractivity contribution is 7.66. The first-order valence-electron chi connectivity index (χ1n) is 8.58. The van der Waals surface area contributed by atoms with Crippen LogP contribution in [0, 0.1) is 11.8 Å². The zero-order valence-electron chi connectivity index (χ0n) is 16.1. The smallest absolute Gasteiger partial charge is 0.390 e. The number of nitrogens with one attached hydrogen (secondary N) is 1. The van der Waals surface area contributed by atoms with Crippen LogP contribution in [0.4, 0.5) is 0 Å². The first-order valence-corrected chi connectivity index (χ1v) is 13.1. The summed E-state index contributed by atoms with van der Waals surface area (Å²) < 4.78 is 51.6. The van der Waals surface area contributed by atoms with Gasteiger partial charge >= 0.3 is 29.2 Å². The van der Waals surface area contributed by atoms with Crippen LogP contribution in [0.2, 0.25) is 0 Å². The summed E-state index contributed by atoms with van der Waals surface area (Å²) in [5.41, 5.74) is -1.64. The molecule has 0 aliphatic carbocycles. The molecule has 2 unspecified atom stereocenters. The monoisotopic (exact) mass is 520 g/mol. The first-order chi connectivity index (χ1) is 14.6. The highest BCUT2D eigenvalue weighted by Gasteiger charge is 2.43. The minimum Gasteiger partial charge on any atom is -0.390 e. The molecule has 0 amide bonds. The van der Waals surface area contributed by atoms with E-state index < -0.39 is 59.8 Å². The van der Waals surface area contributed by atoms with Crippen LogP contribution in [0.25, 0.3) is 0 Å². The number of aromatic amines is 1. The van der Waals surface area contributed by atoms with E-state index in [1.807, 2.05) is 4.98 Å². The van der Waals surface area contributed by atoms with E-state index in [9.17, 15) is 33.3 Å². The van der Waals surface area contributed by atoms with Gasteiger partial charge < -0.3 is 29.4 Å². The first kappa shape index (κ1) is 26.8. The molecule has 32 heavy (non-hydrogen) atoms. The fraction of sp³-hybridized carbons (Fsp3) is 0.538. The Labute approximate surface area is 179 Å². The number of rotatable bonds is 8. The number of hydrogen-bond donors (Lipinski definition) is 6. The summed E-state index contributed by atoms with van der Waals surface area (Å²) in [6, 6.07) is 0. The number of ether oxygens (including phenoxy) is 1. The van der Waals surface area contributed by atoms with Crippen molar-refractivity contribution in [2.24, 2.45) is 0 Å². The molecule has 16 nitrogen and oxygen atoms in total. The highest BCUT2D eigenvalue weighted by atomic mass is 31.3. The standard InChI is InChI=1S/C13H19N2O14P3/c1-2-3-4-8-6-15(13(18)14-12(8)17)11-5-9(16)10(27-11)7-26-31(22,23)29-32(24,25)28-30(19,20)21/h6,9-11,16H,2,5,7H2,1H3,(H,22,23)(H,24,25)(H,14,17,18)(H2,19,20,21)/t9-,10-,11-/m1/s1. The van der Waals surface area contributed by atoms with Gasteiger partial charge in [0, 0.05) is 19.0 Å². The molecule has 6 N–H and O–H groups in total. The maximum Gasteiger partial charge on any atom is 0.490 e. The molecule has 1 aliphatic rings. The maximum atomic E-state index is 12.1. The van der Waals surface area contributed by atoms with Gasteiger partial charge in [-0.25, -0.2) is 18.5 Å². The van der Waals surface area contributed by atoms with Crippen LogP contribution in [-0.4, -0.2) is 53.0 Å². The summed E-state index contributed by atoms with van der Waals surface area (Å²) in [7, 11) is -16.7. The minimum atomic E-state index is -5.69. The van der Waals surface area contributed by atoms with Crippen LogP contribution < -0.4 is 11.2 Å². The summed E-state index contributed by atoms with van der Waals surface area (Å²) in [6.07, 6.45) is -2.47. The summed E-state index contributed by atoms with van der Waals surface area (Å²) in [4.78, 5) is 61.5. The molecular formula is C13H19N2O14P3. The second-order valence-electron chi connectivity index (χ2n) is 6.18. The van der Waals surface area contributed by atoms with Gasteiger partial charge in [-0.2, -0.15) is 8.62 Å². The van der Waals surface area contributed by atoms with Gasteiger partial charge in [-0.05, 0) is 0 Å². The highest BCUT2D eigenvalue weighted by Crippen LogP contribution is 2.66. The lowest BCUT2D eigenvalue weighted by atomic mass is 10.2. The number of phosphoric ester groups is 1. The molecular weight excluding hydrogens is 501 g/mol. The van der Waals surface area contributed by atoms with E-state index in [1.54, 1.807) is 6.92 Å². The summed E-state index contributed by atoms with van der Waals surface area (Å²) >= 11 is 0. The van der Waals surface area contributed by atoms with Crippen molar-refractivity contribution in [2.75, 3.05) is 6.61 Å². The normalized spacial score (nSPS) is 24.9. The summed E-state index contributed by atoms with van der Waals surface area (Å²) in [5.74, 6) is 5.22. The van der Waals surface area contributed by atoms with Gasteiger partial charge in [-0.15, -0.1) is 0 Å². The Morgan fingerprint density at radius 1 is 1.19 bits per heavy atom. The van der Waals surface area contributed by atoms with E-state index in [-0.39, 0.29) is 12.0 Å². The fourth-order valence-corrected chi connectivity index (χ4v) is 5.51. The van der Waals surface area contributed by atoms with E-state index in [1.165, 1.54) is 0 Å². The average Bonchev–Trinajstić information content (AvgIpc) is 2.97. The fourth-order valence-electron chi connectivity index (χ4n) is 2.48. The summed E-state index contributed by atoms with van der Waals surface area (Å²) in [6.45, 7) is 0.845. The molecule has 0 radical (unpaired) electrons. The van der Waals surface area contributed by atoms with Gasteiger partial charge in [-0.3, -0.25) is 18.9 Å². The van der Waals surface area contributed by atoms with Gasteiger partial charge in [0.25, 0.3) is 5.56 Å². The van der Waals surface area contributed by atoms with Crippen molar-refractivity contribution in [3.05, 3.63) is 32.6 Å². The van der Waals surface area contributed by atoms with E-state index in [0.717, 1.165) is 10.8 Å². The average molecular weight is 520 g/mol. The number of nitrogens with zero attached hydrogens (tertiary/aromatic N) is 1. The molecule has 0 aromatic carbocycles. The molecule has 2 heterocycles. The Morgan fingerprint density at radius 3 is 2.44 bits per heavy atom. The number of H-pyrrole nitrogens is 1.